The number of rotatable bonds is 9. The second-order valence-corrected chi connectivity index (χ2v) is 10.5. The number of hydrogen-bond acceptors (Lipinski definition) is 8. The van der Waals surface area contributed by atoms with Gasteiger partial charge in [0, 0.05) is 36.0 Å². The highest BCUT2D eigenvalue weighted by molar-refractivity contribution is 8.26. The molecule has 1 aromatic heterocycles. The summed E-state index contributed by atoms with van der Waals surface area (Å²) in [4.78, 5) is 26.4. The van der Waals surface area contributed by atoms with Crippen LogP contribution in [0.2, 0.25) is 0 Å². The maximum Gasteiger partial charge on any atom is 0.270 e. The second-order valence-electron chi connectivity index (χ2n) is 8.79. The van der Waals surface area contributed by atoms with Crippen molar-refractivity contribution in [2.75, 3.05) is 20.8 Å². The number of carbonyl (C=O) groups excluding carboxylic acids is 1. The van der Waals surface area contributed by atoms with Crippen molar-refractivity contribution in [1.82, 2.24) is 14.7 Å². The van der Waals surface area contributed by atoms with E-state index in [1.165, 1.54) is 23.9 Å². The Labute approximate surface area is 240 Å². The van der Waals surface area contributed by atoms with Crippen LogP contribution < -0.4 is 9.47 Å². The highest BCUT2D eigenvalue weighted by Gasteiger charge is 2.32. The zero-order valence-corrected chi connectivity index (χ0v) is 23.3. The van der Waals surface area contributed by atoms with Crippen molar-refractivity contribution < 1.29 is 19.2 Å². The predicted octanol–water partition coefficient (Wildman–Crippen LogP) is 5.91. The number of amides is 1. The third kappa shape index (κ3) is 5.61. The number of nitro groups is 1. The number of aromatic nitrogens is 2. The third-order valence-corrected chi connectivity index (χ3v) is 7.70. The van der Waals surface area contributed by atoms with E-state index in [-0.39, 0.29) is 11.6 Å². The predicted molar refractivity (Wildman–Crippen MR) is 159 cm³/mol. The number of non-ortho nitro benzene ring substituents is 1. The first-order valence-electron chi connectivity index (χ1n) is 12.2. The molecule has 0 aliphatic carbocycles. The number of para-hydroxylation sites is 1. The Hall–Kier alpha value is -4.48. The van der Waals surface area contributed by atoms with E-state index in [1.54, 1.807) is 48.2 Å². The molecule has 40 heavy (non-hydrogen) atoms. The summed E-state index contributed by atoms with van der Waals surface area (Å²) in [5, 5.41) is 16.1. The molecule has 202 valence electrons. The maximum absolute atomic E-state index is 13.4. The molecule has 1 amide bonds. The molecule has 9 nitrogen and oxygen atoms in total. The summed E-state index contributed by atoms with van der Waals surface area (Å²) in [6.07, 6.45) is 4.13. The van der Waals surface area contributed by atoms with Gasteiger partial charge in [0.25, 0.3) is 11.6 Å². The standard InChI is InChI=1S/C29H24N4O5S2/c1-37-24-12-11-19(15-25(24)38-2)13-14-31-28(34)26(40-29(31)39)17-21-18-32(22-8-4-3-5-9-22)30-27(21)20-7-6-10-23(16-20)33(35)36/h3-12,15-18H,13-14H2,1-2H3. The molecule has 3 aromatic carbocycles. The summed E-state index contributed by atoms with van der Waals surface area (Å²) in [5.74, 6) is 1.05. The Morgan fingerprint density at radius 3 is 2.52 bits per heavy atom. The summed E-state index contributed by atoms with van der Waals surface area (Å²) < 4.78 is 12.8. The average molecular weight is 573 g/mol. The van der Waals surface area contributed by atoms with Crippen LogP contribution in [-0.4, -0.2) is 50.6 Å². The lowest BCUT2D eigenvalue weighted by Gasteiger charge is -2.15. The van der Waals surface area contributed by atoms with E-state index in [0.717, 1.165) is 11.3 Å². The van der Waals surface area contributed by atoms with Crippen LogP contribution in [0, 0.1) is 10.1 Å². The minimum Gasteiger partial charge on any atom is -0.493 e. The van der Waals surface area contributed by atoms with E-state index in [4.69, 9.17) is 26.8 Å². The van der Waals surface area contributed by atoms with E-state index in [2.05, 4.69) is 0 Å². The largest absolute Gasteiger partial charge is 0.493 e. The highest BCUT2D eigenvalue weighted by Crippen LogP contribution is 2.36. The van der Waals surface area contributed by atoms with Gasteiger partial charge >= 0.3 is 0 Å². The summed E-state index contributed by atoms with van der Waals surface area (Å²) in [5.41, 5.74) is 3.48. The first-order chi connectivity index (χ1) is 19.4. The number of nitrogens with zero attached hydrogens (tertiary/aromatic N) is 4. The van der Waals surface area contributed by atoms with Crippen LogP contribution in [0.5, 0.6) is 11.5 Å². The molecule has 11 heteroatoms. The molecular weight excluding hydrogens is 548 g/mol. The molecule has 0 spiro atoms. The number of thioether (sulfide) groups is 1. The molecular formula is C29H24N4O5S2. The monoisotopic (exact) mass is 572 g/mol. The van der Waals surface area contributed by atoms with Gasteiger partial charge in [-0.1, -0.05) is 60.4 Å². The van der Waals surface area contributed by atoms with Crippen molar-refractivity contribution in [3.63, 3.8) is 0 Å². The van der Waals surface area contributed by atoms with Crippen molar-refractivity contribution in [1.29, 1.82) is 0 Å². The van der Waals surface area contributed by atoms with E-state index in [0.29, 0.717) is 50.5 Å². The average Bonchev–Trinajstić information content (AvgIpc) is 3.52. The smallest absolute Gasteiger partial charge is 0.270 e. The fraction of sp³-hybridized carbons (Fsp3) is 0.138. The number of ether oxygens (including phenoxy) is 2. The fourth-order valence-electron chi connectivity index (χ4n) is 4.31. The Kier molecular flexibility index (Phi) is 7.94. The lowest BCUT2D eigenvalue weighted by Crippen LogP contribution is -2.30. The third-order valence-electron chi connectivity index (χ3n) is 6.33. The van der Waals surface area contributed by atoms with Crippen molar-refractivity contribution in [2.45, 2.75) is 6.42 Å². The molecule has 2 heterocycles. The van der Waals surface area contributed by atoms with Crippen LogP contribution in [0.4, 0.5) is 5.69 Å². The van der Waals surface area contributed by atoms with Crippen LogP contribution >= 0.6 is 24.0 Å². The van der Waals surface area contributed by atoms with E-state index in [1.807, 2.05) is 48.5 Å². The van der Waals surface area contributed by atoms with Gasteiger partial charge in [-0.25, -0.2) is 4.68 Å². The van der Waals surface area contributed by atoms with Crippen LogP contribution in [0.15, 0.2) is 83.9 Å². The van der Waals surface area contributed by atoms with Gasteiger partial charge in [-0.05, 0) is 42.3 Å². The molecule has 1 saturated heterocycles. The number of methoxy groups -OCH3 is 2. The van der Waals surface area contributed by atoms with Crippen LogP contribution in [0.25, 0.3) is 23.0 Å². The molecule has 1 aliphatic heterocycles. The molecule has 0 N–H and O–H groups in total. The van der Waals surface area contributed by atoms with E-state index >= 15 is 0 Å². The van der Waals surface area contributed by atoms with Gasteiger partial charge in [-0.15, -0.1) is 0 Å². The van der Waals surface area contributed by atoms with Crippen molar-refractivity contribution in [2.24, 2.45) is 0 Å². The SMILES string of the molecule is COc1ccc(CCN2C(=O)C(=Cc3cn(-c4ccccc4)nc3-c3cccc([N+](=O)[O-])c3)SC2=S)cc1OC. The van der Waals surface area contributed by atoms with Crippen LogP contribution in [-0.2, 0) is 11.2 Å². The Morgan fingerprint density at radius 2 is 1.80 bits per heavy atom. The van der Waals surface area contributed by atoms with Crippen molar-refractivity contribution >= 4 is 46.0 Å². The van der Waals surface area contributed by atoms with Crippen molar-refractivity contribution in [3.8, 4) is 28.4 Å². The molecule has 0 unspecified atom stereocenters. The number of thiocarbonyl (C=S) groups is 1. The molecule has 0 atom stereocenters. The number of carbonyl (C=O) groups is 1. The van der Waals surface area contributed by atoms with Crippen LogP contribution in [0.3, 0.4) is 0 Å². The Bertz CT molecular complexity index is 1630. The van der Waals surface area contributed by atoms with Crippen molar-refractivity contribution in [3.05, 3.63) is 105 Å². The number of benzene rings is 3. The summed E-state index contributed by atoms with van der Waals surface area (Å²) in [6.45, 7) is 0.401. The molecule has 1 aliphatic rings. The molecule has 0 radical (unpaired) electrons. The highest BCUT2D eigenvalue weighted by atomic mass is 32.2. The topological polar surface area (TPSA) is 99.7 Å². The van der Waals surface area contributed by atoms with Gasteiger partial charge in [0.15, 0.2) is 11.5 Å². The minimum atomic E-state index is -0.444. The summed E-state index contributed by atoms with van der Waals surface area (Å²) in [7, 11) is 3.16. The zero-order chi connectivity index (χ0) is 28.2. The van der Waals surface area contributed by atoms with Gasteiger partial charge in [0.2, 0.25) is 0 Å². The number of hydrogen-bond donors (Lipinski definition) is 0. The summed E-state index contributed by atoms with van der Waals surface area (Å²) in [6, 6.07) is 21.4. The van der Waals surface area contributed by atoms with Crippen LogP contribution in [0.1, 0.15) is 11.1 Å². The van der Waals surface area contributed by atoms with Gasteiger partial charge in [-0.3, -0.25) is 19.8 Å². The second kappa shape index (κ2) is 11.7. The van der Waals surface area contributed by atoms with E-state index in [9.17, 15) is 14.9 Å². The van der Waals surface area contributed by atoms with E-state index < -0.39 is 4.92 Å². The lowest BCUT2D eigenvalue weighted by molar-refractivity contribution is -0.384. The van der Waals surface area contributed by atoms with Gasteiger partial charge in [0.05, 0.1) is 29.7 Å². The van der Waals surface area contributed by atoms with Gasteiger partial charge < -0.3 is 9.47 Å². The quantitative estimate of drug-likeness (QED) is 0.106. The first-order valence-corrected chi connectivity index (χ1v) is 13.5. The molecule has 0 saturated carbocycles. The number of nitro benzene ring substituents is 1. The fourth-order valence-corrected chi connectivity index (χ4v) is 5.61. The minimum absolute atomic E-state index is 0.0424. The van der Waals surface area contributed by atoms with Gasteiger partial charge in [0.1, 0.15) is 10.0 Å². The maximum atomic E-state index is 13.4. The molecule has 5 rings (SSSR count). The molecule has 1 fully saturated rings. The Morgan fingerprint density at radius 1 is 1.02 bits per heavy atom. The summed E-state index contributed by atoms with van der Waals surface area (Å²) >= 11 is 6.78. The normalized spacial score (nSPS) is 14.2. The Balaban J connectivity index is 1.45. The zero-order valence-electron chi connectivity index (χ0n) is 21.6. The molecule has 0 bridgehead atoms. The molecule has 4 aromatic rings. The van der Waals surface area contributed by atoms with Gasteiger partial charge in [-0.2, -0.15) is 5.10 Å². The lowest BCUT2D eigenvalue weighted by atomic mass is 10.1. The first kappa shape index (κ1) is 27.1.